The molecule has 12 N–H and O–H groups in total. The minimum atomic E-state index is -1.99. The molecule has 0 aromatic heterocycles. The van der Waals surface area contributed by atoms with Crippen molar-refractivity contribution in [3.05, 3.63) is 146 Å². The molecule has 3 saturated heterocycles. The first-order valence-electron chi connectivity index (χ1n) is 38.1. The number of hydrogen-bond acceptors (Lipinski definition) is 18. The second-order valence-electron chi connectivity index (χ2n) is 26.4. The van der Waals surface area contributed by atoms with Crippen LogP contribution in [0.5, 0.6) is 0 Å². The summed E-state index contributed by atoms with van der Waals surface area (Å²) in [5, 5.41) is 121. The average Bonchev–Trinajstić information content (AvgIpc) is 0.783. The molecule has 17 atom stereocenters. The maximum Gasteiger partial charge on any atom is 0.220 e. The molecule has 3 rings (SSSR count). The summed E-state index contributed by atoms with van der Waals surface area (Å²) in [5.41, 5.74) is 0. The van der Waals surface area contributed by atoms with Gasteiger partial charge in [0, 0.05) is 6.42 Å². The molecular weight excluding hydrogens is 1270 g/mol. The molecule has 19 nitrogen and oxygen atoms in total. The van der Waals surface area contributed by atoms with Gasteiger partial charge in [-0.1, -0.05) is 250 Å². The Labute approximate surface area is 600 Å². The van der Waals surface area contributed by atoms with Crippen molar-refractivity contribution in [3.63, 3.8) is 0 Å². The van der Waals surface area contributed by atoms with E-state index in [1.165, 1.54) is 89.9 Å². The summed E-state index contributed by atoms with van der Waals surface area (Å²) in [7, 11) is 0. The number of aliphatic hydroxyl groups excluding tert-OH is 11. The van der Waals surface area contributed by atoms with E-state index in [4.69, 9.17) is 28.4 Å². The molecule has 0 aromatic carbocycles. The predicted molar refractivity (Wildman–Crippen MR) is 396 cm³/mol. The minimum absolute atomic E-state index is 0.181. The fourth-order valence-electron chi connectivity index (χ4n) is 11.7. The summed E-state index contributed by atoms with van der Waals surface area (Å²) in [6.07, 6.45) is 59.6. The van der Waals surface area contributed by atoms with Crippen LogP contribution in [0.2, 0.25) is 0 Å². The molecule has 0 bridgehead atoms. The zero-order valence-electron chi connectivity index (χ0n) is 60.6. The highest BCUT2D eigenvalue weighted by molar-refractivity contribution is 5.76. The number of amides is 1. The van der Waals surface area contributed by atoms with E-state index in [1.54, 1.807) is 6.08 Å². The molecule has 1 amide bonds. The van der Waals surface area contributed by atoms with Gasteiger partial charge >= 0.3 is 0 Å². The molecule has 100 heavy (non-hydrogen) atoms. The minimum Gasteiger partial charge on any atom is -0.394 e. The number of carbonyl (C=O) groups excluding carboxylic acids is 1. The van der Waals surface area contributed by atoms with Crippen molar-refractivity contribution in [2.75, 3.05) is 26.4 Å². The summed E-state index contributed by atoms with van der Waals surface area (Å²) in [6.45, 7) is 1.56. The number of hydrogen-bond donors (Lipinski definition) is 12. The normalized spacial score (nSPS) is 27.3. The molecule has 3 fully saturated rings. The van der Waals surface area contributed by atoms with Crippen molar-refractivity contribution in [2.24, 2.45) is 0 Å². The molecule has 0 aliphatic carbocycles. The monoisotopic (exact) mass is 1410 g/mol. The summed E-state index contributed by atoms with van der Waals surface area (Å²) < 4.78 is 34.4. The van der Waals surface area contributed by atoms with Gasteiger partial charge in [0.1, 0.15) is 73.2 Å². The van der Waals surface area contributed by atoms with E-state index in [9.17, 15) is 61.0 Å². The lowest BCUT2D eigenvalue weighted by atomic mass is 9.96. The predicted octanol–water partition coefficient (Wildman–Crippen LogP) is 11.9. The Hall–Kier alpha value is -4.33. The quantitative estimate of drug-likeness (QED) is 0.0199. The van der Waals surface area contributed by atoms with E-state index in [2.05, 4.69) is 153 Å². The van der Waals surface area contributed by atoms with Crippen LogP contribution in [0, 0.1) is 0 Å². The van der Waals surface area contributed by atoms with Crippen molar-refractivity contribution in [1.29, 1.82) is 0 Å². The molecular formula is C81H133NO18. The Morgan fingerprint density at radius 2 is 0.700 bits per heavy atom. The first-order chi connectivity index (χ1) is 48.8. The molecule has 570 valence electrons. The second kappa shape index (κ2) is 60.0. The number of ether oxygens (including phenoxy) is 6. The third-order valence-electron chi connectivity index (χ3n) is 17.8. The smallest absolute Gasteiger partial charge is 0.220 e. The van der Waals surface area contributed by atoms with Crippen molar-refractivity contribution in [2.45, 2.75) is 330 Å². The number of unbranched alkanes of at least 4 members (excludes halogenated alkanes) is 19. The third-order valence-corrected chi connectivity index (χ3v) is 17.8. The molecule has 0 aromatic rings. The lowest BCUT2D eigenvalue weighted by Gasteiger charge is -2.48. The van der Waals surface area contributed by atoms with E-state index < -0.39 is 131 Å². The van der Waals surface area contributed by atoms with Gasteiger partial charge in [-0.15, -0.1) is 0 Å². The zero-order valence-corrected chi connectivity index (χ0v) is 60.6. The standard InChI is InChI=1S/C81H133NO18/c1-3-5-7-9-11-13-15-17-19-21-23-25-27-29-30-31-32-33-34-35-37-39-41-43-45-47-49-51-53-55-57-59-69(87)82-64(65(86)58-56-54-52-50-48-46-44-42-40-38-36-28-26-24-22-20-18-16-14-12-10-8-6-4-2)63-95-79-75(93)72(90)77(67(61-84)97-79)100-81-76(94)73(91)78(68(62-85)98-81)99-80-74(92)71(89)70(88)66(60-83)96-80/h5,7,11,13,17,19,23,25,29-30,32-33,35,37,40-43,47-50,56,58,64-68,70-81,83-86,88-94H,3-4,6,8-10,12,14-16,18,20-22,24,26-28,31,34,36,38-39,44-46,51-55,57,59-63H2,1-2H3,(H,82,87)/b7-5-,13-11-,19-17-,25-23-,30-29-,33-32-,37-35-,42-40+,43-41-,49-47-,50-48+,58-56+. The zero-order chi connectivity index (χ0) is 72.5. The van der Waals surface area contributed by atoms with Crippen LogP contribution < -0.4 is 5.32 Å². The number of allylic oxidation sites excluding steroid dienone is 23. The SMILES string of the molecule is CC/C=C\C/C=C\C/C=C\C/C=C\C/C=C\C/C=C\C/C=C\C/C=C\C/C=C\CCCCCC(=O)NC(COC1OC(CO)C(OC2OC(CO)C(OC3OC(CO)C(O)C(O)C3O)C(O)C2O)C(O)C1O)C(O)/C=C/CC/C=C/CC/C=C/CCCCCCCCCCCCCCCC. The topological polar surface area (TPSA) is 307 Å². The van der Waals surface area contributed by atoms with Crippen molar-refractivity contribution in [1.82, 2.24) is 5.32 Å². The summed E-state index contributed by atoms with van der Waals surface area (Å²) >= 11 is 0. The van der Waals surface area contributed by atoms with E-state index >= 15 is 0 Å². The molecule has 0 saturated carbocycles. The highest BCUT2D eigenvalue weighted by Crippen LogP contribution is 2.33. The van der Waals surface area contributed by atoms with Crippen LogP contribution in [0.15, 0.2) is 146 Å². The highest BCUT2D eigenvalue weighted by Gasteiger charge is 2.53. The largest absolute Gasteiger partial charge is 0.394 e. The van der Waals surface area contributed by atoms with Crippen molar-refractivity contribution in [3.8, 4) is 0 Å². The Kier molecular flexibility index (Phi) is 53.9. The van der Waals surface area contributed by atoms with Crippen molar-refractivity contribution >= 4 is 5.91 Å². The van der Waals surface area contributed by atoms with Crippen LogP contribution in [-0.2, 0) is 33.2 Å². The first kappa shape index (κ1) is 89.9. The molecule has 17 unspecified atom stereocenters. The average molecular weight is 1410 g/mol. The van der Waals surface area contributed by atoms with Crippen LogP contribution in [0.3, 0.4) is 0 Å². The van der Waals surface area contributed by atoms with Gasteiger partial charge in [-0.2, -0.15) is 0 Å². The van der Waals surface area contributed by atoms with Crippen LogP contribution in [-0.4, -0.2) is 193 Å². The van der Waals surface area contributed by atoms with Gasteiger partial charge in [0.2, 0.25) is 5.91 Å². The van der Waals surface area contributed by atoms with Gasteiger partial charge < -0.3 is 89.9 Å². The fourth-order valence-corrected chi connectivity index (χ4v) is 11.7. The van der Waals surface area contributed by atoms with Crippen LogP contribution >= 0.6 is 0 Å². The number of aliphatic hydroxyl groups is 11. The van der Waals surface area contributed by atoms with Crippen LogP contribution in [0.25, 0.3) is 0 Å². The Balaban J connectivity index is 1.44. The van der Waals surface area contributed by atoms with Gasteiger partial charge in [0.05, 0.1) is 38.6 Å². The Morgan fingerprint density at radius 3 is 1.12 bits per heavy atom. The van der Waals surface area contributed by atoms with E-state index in [-0.39, 0.29) is 12.3 Å². The van der Waals surface area contributed by atoms with Gasteiger partial charge in [-0.25, -0.2) is 0 Å². The molecule has 3 aliphatic rings. The molecule has 0 radical (unpaired) electrons. The summed E-state index contributed by atoms with van der Waals surface area (Å²) in [4.78, 5) is 13.4. The summed E-state index contributed by atoms with van der Waals surface area (Å²) in [6, 6.07) is -1.03. The van der Waals surface area contributed by atoms with Gasteiger partial charge in [-0.3, -0.25) is 4.79 Å². The van der Waals surface area contributed by atoms with Crippen LogP contribution in [0.1, 0.15) is 226 Å². The van der Waals surface area contributed by atoms with Crippen molar-refractivity contribution < 1.29 is 89.4 Å². The Bertz CT molecular complexity index is 2380. The highest BCUT2D eigenvalue weighted by atomic mass is 16.8. The number of nitrogens with one attached hydrogen (secondary N) is 1. The van der Waals surface area contributed by atoms with Gasteiger partial charge in [0.15, 0.2) is 18.9 Å². The van der Waals surface area contributed by atoms with E-state index in [0.717, 1.165) is 103 Å². The summed E-state index contributed by atoms with van der Waals surface area (Å²) in [5.74, 6) is -0.327. The molecule has 3 heterocycles. The van der Waals surface area contributed by atoms with Gasteiger partial charge in [0.25, 0.3) is 0 Å². The van der Waals surface area contributed by atoms with Gasteiger partial charge in [-0.05, 0) is 116 Å². The maximum absolute atomic E-state index is 13.4. The number of rotatable bonds is 57. The molecule has 3 aliphatic heterocycles. The van der Waals surface area contributed by atoms with E-state index in [0.29, 0.717) is 12.8 Å². The van der Waals surface area contributed by atoms with E-state index in [1.807, 2.05) is 6.08 Å². The third kappa shape index (κ3) is 40.1. The lowest BCUT2D eigenvalue weighted by Crippen LogP contribution is -2.66. The fraction of sp³-hybridized carbons (Fsp3) is 0.691. The lowest BCUT2D eigenvalue weighted by molar-refractivity contribution is -0.379. The maximum atomic E-state index is 13.4. The first-order valence-corrected chi connectivity index (χ1v) is 38.1. The molecule has 19 heteroatoms. The Morgan fingerprint density at radius 1 is 0.370 bits per heavy atom. The molecule has 0 spiro atoms. The van der Waals surface area contributed by atoms with Crippen LogP contribution in [0.4, 0.5) is 0 Å². The second-order valence-corrected chi connectivity index (χ2v) is 26.4. The number of carbonyl (C=O) groups is 1.